The van der Waals surface area contributed by atoms with Gasteiger partial charge in [-0.15, -0.1) is 0 Å². The quantitative estimate of drug-likeness (QED) is 0.612. The molecule has 0 radical (unpaired) electrons. The van der Waals surface area contributed by atoms with Crippen LogP contribution in [0, 0.1) is 12.7 Å². The highest BCUT2D eigenvalue weighted by Crippen LogP contribution is 2.24. The summed E-state index contributed by atoms with van der Waals surface area (Å²) >= 11 is 0. The molecule has 0 spiro atoms. The van der Waals surface area contributed by atoms with Crippen LogP contribution in [-0.2, 0) is 0 Å². The lowest BCUT2D eigenvalue weighted by Gasteiger charge is -2.15. The fourth-order valence-electron chi connectivity index (χ4n) is 2.53. The molecule has 0 aliphatic carbocycles. The molecule has 2 N–H and O–H groups in total. The first-order valence-electron chi connectivity index (χ1n) is 8.79. The summed E-state index contributed by atoms with van der Waals surface area (Å²) in [6, 6.07) is 17.1. The van der Waals surface area contributed by atoms with Crippen LogP contribution >= 0.6 is 0 Å². The van der Waals surface area contributed by atoms with Crippen LogP contribution in [0.5, 0.6) is 0 Å². The highest BCUT2D eigenvalue weighted by molar-refractivity contribution is 5.67. The zero-order valence-electron chi connectivity index (χ0n) is 15.3. The number of benzene rings is 2. The smallest absolute Gasteiger partial charge is 0.225 e. The van der Waals surface area contributed by atoms with Crippen LogP contribution in [0.15, 0.2) is 54.6 Å². The summed E-state index contributed by atoms with van der Waals surface area (Å²) in [5.41, 5.74) is 3.22. The van der Waals surface area contributed by atoms with Crippen molar-refractivity contribution in [3.63, 3.8) is 0 Å². The van der Waals surface area contributed by atoms with Gasteiger partial charge < -0.3 is 10.6 Å². The molecule has 0 unspecified atom stereocenters. The fourth-order valence-corrected chi connectivity index (χ4v) is 2.53. The van der Waals surface area contributed by atoms with Crippen LogP contribution in [0.2, 0.25) is 0 Å². The van der Waals surface area contributed by atoms with Gasteiger partial charge in [0.05, 0.1) is 5.69 Å². The van der Waals surface area contributed by atoms with E-state index in [0.717, 1.165) is 23.4 Å². The summed E-state index contributed by atoms with van der Waals surface area (Å²) in [6.07, 6.45) is 0.971. The monoisotopic (exact) mass is 350 g/mol. The first-order chi connectivity index (χ1) is 12.5. The van der Waals surface area contributed by atoms with Crippen molar-refractivity contribution in [3.05, 3.63) is 66.0 Å². The van der Waals surface area contributed by atoms with Crippen molar-refractivity contribution in [2.45, 2.75) is 33.2 Å². The molecule has 4 nitrogen and oxygen atoms in total. The van der Waals surface area contributed by atoms with Gasteiger partial charge in [-0.2, -0.15) is 4.98 Å². The molecule has 0 aliphatic rings. The zero-order valence-corrected chi connectivity index (χ0v) is 15.3. The number of hydrogen-bond donors (Lipinski definition) is 2. The average molecular weight is 350 g/mol. The van der Waals surface area contributed by atoms with Crippen LogP contribution in [0.3, 0.4) is 0 Å². The van der Waals surface area contributed by atoms with E-state index in [1.165, 1.54) is 6.07 Å². The first-order valence-corrected chi connectivity index (χ1v) is 8.79. The summed E-state index contributed by atoms with van der Waals surface area (Å²) in [7, 11) is 0. The van der Waals surface area contributed by atoms with Gasteiger partial charge in [0.2, 0.25) is 5.95 Å². The lowest BCUT2D eigenvalue weighted by Crippen LogP contribution is -2.16. The van der Waals surface area contributed by atoms with Crippen molar-refractivity contribution in [3.8, 4) is 11.3 Å². The molecular formula is C21H23FN4. The van der Waals surface area contributed by atoms with E-state index < -0.39 is 0 Å². The standard InChI is InChI=1S/C21H23FN4/c1-4-15(3)23-21-25-19(16-8-6-5-7-9-16)13-20(26-21)24-17-10-11-18(22)14(2)12-17/h5-13,15H,4H2,1-3H3,(H2,23,24,25,26)/t15-/m0/s1. The van der Waals surface area contributed by atoms with Gasteiger partial charge in [0, 0.05) is 23.4 Å². The van der Waals surface area contributed by atoms with E-state index >= 15 is 0 Å². The highest BCUT2D eigenvalue weighted by atomic mass is 19.1. The molecule has 3 rings (SSSR count). The van der Waals surface area contributed by atoms with Gasteiger partial charge in [-0.25, -0.2) is 9.37 Å². The maximum absolute atomic E-state index is 13.5. The number of hydrogen-bond acceptors (Lipinski definition) is 4. The lowest BCUT2D eigenvalue weighted by molar-refractivity contribution is 0.619. The van der Waals surface area contributed by atoms with Crippen LogP contribution in [0.1, 0.15) is 25.8 Å². The number of rotatable bonds is 6. The minimum Gasteiger partial charge on any atom is -0.352 e. The normalized spacial score (nSPS) is 11.8. The molecule has 134 valence electrons. The van der Waals surface area contributed by atoms with Gasteiger partial charge in [-0.3, -0.25) is 0 Å². The molecule has 1 atom stereocenters. The number of aromatic nitrogens is 2. The minimum absolute atomic E-state index is 0.220. The average Bonchev–Trinajstić information content (AvgIpc) is 2.65. The molecule has 0 aliphatic heterocycles. The summed E-state index contributed by atoms with van der Waals surface area (Å²) in [5.74, 6) is 1.01. The SMILES string of the molecule is CC[C@H](C)Nc1nc(Nc2ccc(F)c(C)c2)cc(-c2ccccc2)n1. The first kappa shape index (κ1) is 17.9. The molecular weight excluding hydrogens is 327 g/mol. The molecule has 2 aromatic carbocycles. The Balaban J connectivity index is 1.97. The summed E-state index contributed by atoms with van der Waals surface area (Å²) in [6.45, 7) is 5.94. The molecule has 3 aromatic rings. The third-order valence-electron chi connectivity index (χ3n) is 4.21. The Kier molecular flexibility index (Phi) is 5.46. The van der Waals surface area contributed by atoms with E-state index in [1.54, 1.807) is 19.1 Å². The molecule has 0 saturated heterocycles. The molecule has 0 saturated carbocycles. The van der Waals surface area contributed by atoms with E-state index in [-0.39, 0.29) is 11.9 Å². The van der Waals surface area contributed by atoms with Gasteiger partial charge in [-0.1, -0.05) is 37.3 Å². The third-order valence-corrected chi connectivity index (χ3v) is 4.21. The van der Waals surface area contributed by atoms with Crippen LogP contribution < -0.4 is 10.6 Å². The van der Waals surface area contributed by atoms with Crippen molar-refractivity contribution < 1.29 is 4.39 Å². The van der Waals surface area contributed by atoms with Gasteiger partial charge in [-0.05, 0) is 44.0 Å². The van der Waals surface area contributed by atoms with E-state index in [0.29, 0.717) is 17.3 Å². The number of aryl methyl sites for hydroxylation is 1. The number of nitrogens with zero attached hydrogens (tertiary/aromatic N) is 2. The lowest BCUT2D eigenvalue weighted by atomic mass is 10.1. The van der Waals surface area contributed by atoms with Gasteiger partial charge in [0.15, 0.2) is 0 Å². The van der Waals surface area contributed by atoms with Gasteiger partial charge in [0.1, 0.15) is 11.6 Å². The van der Waals surface area contributed by atoms with Crippen molar-refractivity contribution in [2.24, 2.45) is 0 Å². The van der Waals surface area contributed by atoms with Crippen LogP contribution in [0.4, 0.5) is 21.8 Å². The molecule has 0 bridgehead atoms. The van der Waals surface area contributed by atoms with E-state index in [4.69, 9.17) is 0 Å². The Bertz CT molecular complexity index is 880. The summed E-state index contributed by atoms with van der Waals surface area (Å²) < 4.78 is 13.5. The maximum atomic E-state index is 13.5. The Morgan fingerprint density at radius 3 is 2.50 bits per heavy atom. The van der Waals surface area contributed by atoms with Gasteiger partial charge >= 0.3 is 0 Å². The van der Waals surface area contributed by atoms with Crippen molar-refractivity contribution in [1.29, 1.82) is 0 Å². The number of halogens is 1. The Labute approximate surface area is 153 Å². The largest absolute Gasteiger partial charge is 0.352 e. The molecule has 1 heterocycles. The van der Waals surface area contributed by atoms with E-state index in [1.807, 2.05) is 36.4 Å². The molecule has 0 fully saturated rings. The van der Waals surface area contributed by atoms with Crippen LogP contribution in [-0.4, -0.2) is 16.0 Å². The molecule has 1 aromatic heterocycles. The van der Waals surface area contributed by atoms with Gasteiger partial charge in [0.25, 0.3) is 0 Å². The number of anilines is 3. The molecule has 5 heteroatoms. The third kappa shape index (κ3) is 4.36. The second-order valence-corrected chi connectivity index (χ2v) is 6.37. The minimum atomic E-state index is -0.220. The van der Waals surface area contributed by atoms with E-state index in [9.17, 15) is 4.39 Å². The highest BCUT2D eigenvalue weighted by Gasteiger charge is 2.09. The number of nitrogens with one attached hydrogen (secondary N) is 2. The van der Waals surface area contributed by atoms with Crippen molar-refractivity contribution in [2.75, 3.05) is 10.6 Å². The Hall–Kier alpha value is -2.95. The predicted octanol–water partition coefficient (Wildman–Crippen LogP) is 5.55. The summed E-state index contributed by atoms with van der Waals surface area (Å²) in [5, 5.41) is 6.58. The second kappa shape index (κ2) is 7.95. The van der Waals surface area contributed by atoms with Crippen LogP contribution in [0.25, 0.3) is 11.3 Å². The van der Waals surface area contributed by atoms with Crippen molar-refractivity contribution >= 4 is 17.5 Å². The zero-order chi connectivity index (χ0) is 18.5. The molecule has 26 heavy (non-hydrogen) atoms. The second-order valence-electron chi connectivity index (χ2n) is 6.37. The Morgan fingerprint density at radius 2 is 1.81 bits per heavy atom. The Morgan fingerprint density at radius 1 is 1.04 bits per heavy atom. The van der Waals surface area contributed by atoms with E-state index in [2.05, 4.69) is 34.4 Å². The maximum Gasteiger partial charge on any atom is 0.225 e. The fraction of sp³-hybridized carbons (Fsp3) is 0.238. The predicted molar refractivity (Wildman–Crippen MR) is 105 cm³/mol. The summed E-state index contributed by atoms with van der Waals surface area (Å²) in [4.78, 5) is 9.21. The van der Waals surface area contributed by atoms with Crippen molar-refractivity contribution in [1.82, 2.24) is 9.97 Å². The topological polar surface area (TPSA) is 49.8 Å². The molecule has 0 amide bonds.